The van der Waals surface area contributed by atoms with Crippen molar-refractivity contribution in [3.05, 3.63) is 64.7 Å². The third-order valence-corrected chi connectivity index (χ3v) is 13.2. The Morgan fingerprint density at radius 1 is 1.03 bits per heavy atom. The van der Waals surface area contributed by atoms with Crippen molar-refractivity contribution in [3.63, 3.8) is 0 Å². The molecule has 1 heterocycles. The molecule has 4 aliphatic rings. The Morgan fingerprint density at radius 2 is 1.79 bits per heavy atom. The summed E-state index contributed by atoms with van der Waals surface area (Å²) in [6, 6.07) is 14.0. The van der Waals surface area contributed by atoms with E-state index in [9.17, 15) is 8.42 Å². The zero-order valence-electron chi connectivity index (χ0n) is 22.9. The lowest BCUT2D eigenvalue weighted by molar-refractivity contribution is -0.137. The van der Waals surface area contributed by atoms with Gasteiger partial charge in [0.05, 0.1) is 23.2 Å². The summed E-state index contributed by atoms with van der Waals surface area (Å²) >= 11 is 2.60. The fourth-order valence-electron chi connectivity index (χ4n) is 8.66. The first-order valence-corrected chi connectivity index (χ1v) is 17.1. The van der Waals surface area contributed by atoms with E-state index in [1.54, 1.807) is 35.4 Å². The van der Waals surface area contributed by atoms with Gasteiger partial charge in [0.1, 0.15) is 0 Å². The van der Waals surface area contributed by atoms with Crippen LogP contribution in [0.5, 0.6) is 0 Å². The van der Waals surface area contributed by atoms with Crippen LogP contribution >= 0.6 is 22.6 Å². The van der Waals surface area contributed by atoms with Crippen molar-refractivity contribution in [2.45, 2.75) is 105 Å². The van der Waals surface area contributed by atoms with Gasteiger partial charge in [-0.25, -0.2) is 0 Å². The van der Waals surface area contributed by atoms with E-state index in [0.717, 1.165) is 30.2 Å². The second-order valence-corrected chi connectivity index (χ2v) is 15.9. The van der Waals surface area contributed by atoms with Gasteiger partial charge in [-0.2, -0.15) is 8.42 Å². The number of hydrogen-bond donors (Lipinski definition) is 0. The van der Waals surface area contributed by atoms with Crippen LogP contribution in [0, 0.1) is 31.1 Å². The summed E-state index contributed by atoms with van der Waals surface area (Å²) in [5.74, 6) is 2.23. The van der Waals surface area contributed by atoms with E-state index in [1.165, 1.54) is 44.1 Å². The average molecular weight is 649 g/mol. The van der Waals surface area contributed by atoms with Gasteiger partial charge in [-0.1, -0.05) is 71.0 Å². The topological polar surface area (TPSA) is 52.6 Å². The lowest BCUT2D eigenvalue weighted by atomic mass is 9.53. The molecule has 2 aromatic rings. The molecule has 0 radical (unpaired) electrons. The highest BCUT2D eigenvalue weighted by molar-refractivity contribution is 14.1. The Hall–Kier alpha value is -0.960. The lowest BCUT2D eigenvalue weighted by Crippen LogP contribution is -2.50. The predicted molar refractivity (Wildman–Crippen MR) is 159 cm³/mol. The van der Waals surface area contributed by atoms with E-state index in [-0.39, 0.29) is 28.6 Å². The molecule has 6 heteroatoms. The minimum absolute atomic E-state index is 0.0262. The van der Waals surface area contributed by atoms with Gasteiger partial charge in [0.15, 0.2) is 0 Å². The molecule has 7 atom stereocenters. The third-order valence-electron chi connectivity index (χ3n) is 10.7. The van der Waals surface area contributed by atoms with Crippen molar-refractivity contribution in [1.29, 1.82) is 0 Å². The van der Waals surface area contributed by atoms with Crippen LogP contribution in [-0.4, -0.2) is 30.7 Å². The first kappa shape index (κ1) is 27.2. The second-order valence-electron chi connectivity index (χ2n) is 12.7. The molecule has 38 heavy (non-hydrogen) atoms. The summed E-state index contributed by atoms with van der Waals surface area (Å²) in [5, 5.41) is 0. The molecule has 3 fully saturated rings. The lowest BCUT2D eigenvalue weighted by Gasteiger charge is -2.54. The molecule has 0 amide bonds. The summed E-state index contributed by atoms with van der Waals surface area (Å²) in [5.41, 5.74) is 5.86. The van der Waals surface area contributed by atoms with Gasteiger partial charge in [-0.15, -0.1) is 0 Å². The summed E-state index contributed by atoms with van der Waals surface area (Å²) in [7, 11) is -3.71. The molecule has 1 aliphatic heterocycles. The van der Waals surface area contributed by atoms with Crippen LogP contribution in [0.4, 0.5) is 0 Å². The van der Waals surface area contributed by atoms with E-state index in [0.29, 0.717) is 16.3 Å². The van der Waals surface area contributed by atoms with E-state index in [2.05, 4.69) is 54.6 Å². The van der Waals surface area contributed by atoms with Crippen molar-refractivity contribution in [3.8, 4) is 0 Å². The van der Waals surface area contributed by atoms with Crippen LogP contribution in [0.3, 0.4) is 0 Å². The molecule has 1 spiro atoms. The van der Waals surface area contributed by atoms with Gasteiger partial charge < -0.3 is 4.74 Å². The third kappa shape index (κ3) is 4.59. The number of fused-ring (bicyclic) bond motifs is 6. The van der Waals surface area contributed by atoms with Crippen molar-refractivity contribution < 1.29 is 17.3 Å². The van der Waals surface area contributed by atoms with Gasteiger partial charge in [0.2, 0.25) is 0 Å². The van der Waals surface area contributed by atoms with Gasteiger partial charge in [-0.3, -0.25) is 4.18 Å². The highest BCUT2D eigenvalue weighted by Gasteiger charge is 2.65. The molecular formula is C32H41IO4S. The van der Waals surface area contributed by atoms with Crippen molar-refractivity contribution in [2.24, 2.45) is 17.3 Å². The first-order valence-electron chi connectivity index (χ1n) is 14.5. The summed E-state index contributed by atoms with van der Waals surface area (Å²) in [6.45, 7) is 6.91. The highest BCUT2D eigenvalue weighted by atomic mass is 127. The Morgan fingerprint density at radius 3 is 2.58 bits per heavy atom. The fourth-order valence-corrected chi connectivity index (χ4v) is 10.8. The van der Waals surface area contributed by atoms with Crippen LogP contribution in [0.2, 0.25) is 0 Å². The van der Waals surface area contributed by atoms with Gasteiger partial charge >= 0.3 is 0 Å². The Labute approximate surface area is 242 Å². The fraction of sp³-hybridized carbons (Fsp3) is 0.625. The monoisotopic (exact) mass is 648 g/mol. The number of hydrogen-bond acceptors (Lipinski definition) is 4. The predicted octanol–water partition coefficient (Wildman–Crippen LogP) is 7.68. The Bertz CT molecular complexity index is 1290. The zero-order valence-corrected chi connectivity index (χ0v) is 25.9. The van der Waals surface area contributed by atoms with Crippen molar-refractivity contribution >= 4 is 32.7 Å². The van der Waals surface area contributed by atoms with Gasteiger partial charge in [-0.05, 0) is 118 Å². The minimum Gasteiger partial charge on any atom is -0.370 e. The van der Waals surface area contributed by atoms with E-state index >= 15 is 0 Å². The minimum atomic E-state index is -3.71. The van der Waals surface area contributed by atoms with Crippen LogP contribution < -0.4 is 0 Å². The second kappa shape index (κ2) is 10.1. The molecule has 1 saturated heterocycles. The quantitative estimate of drug-likeness (QED) is 0.140. The maximum absolute atomic E-state index is 12.6. The zero-order chi connectivity index (χ0) is 26.7. The molecular weight excluding hydrogens is 607 g/mol. The Kier molecular flexibility index (Phi) is 7.27. The van der Waals surface area contributed by atoms with Gasteiger partial charge in [0.25, 0.3) is 10.1 Å². The molecule has 4 nitrogen and oxygen atoms in total. The van der Waals surface area contributed by atoms with Crippen LogP contribution in [0.15, 0.2) is 47.4 Å². The summed E-state index contributed by atoms with van der Waals surface area (Å²) < 4.78 is 38.0. The summed E-state index contributed by atoms with van der Waals surface area (Å²) in [4.78, 5) is 0.229. The number of alkyl halides is 1. The molecule has 3 aliphatic carbocycles. The SMILES string of the molecule is Cc1ccc(S(=O)(=O)OCCC[C@@H]2O[C@]3(CC[C@H]4[C@@H]5CCc6cc(C)ccc6[C@H]5CC[C@@]43C)C[C@H]2I)cc1. The maximum atomic E-state index is 12.6. The number of halogens is 1. The normalized spacial score (nSPS) is 36.2. The van der Waals surface area contributed by atoms with Crippen LogP contribution in [-0.2, 0) is 25.5 Å². The Balaban J connectivity index is 1.09. The van der Waals surface area contributed by atoms with Gasteiger partial charge in [0, 0.05) is 3.92 Å². The average Bonchev–Trinajstić information content (AvgIpc) is 3.37. The molecule has 0 aromatic heterocycles. The standard InChI is InChI=1S/C32H41IO4S/c1-21-6-10-24(11-7-21)38(34,35)36-18-4-5-30-29(33)20-32(37-30)17-15-28-27-13-9-23-19-22(2)8-12-25(23)26(27)14-16-31(28,32)3/h6-8,10-12,19,26-30H,4-5,9,13-18,20H2,1-3H3/t26-,27-,28+,29-,30+,31+,32-/m1/s1. The number of ether oxygens (including phenoxy) is 1. The summed E-state index contributed by atoms with van der Waals surface area (Å²) in [6.07, 6.45) is 10.4. The van der Waals surface area contributed by atoms with Crippen LogP contribution in [0.25, 0.3) is 0 Å². The molecule has 206 valence electrons. The molecule has 0 unspecified atom stereocenters. The van der Waals surface area contributed by atoms with Crippen LogP contribution in [0.1, 0.15) is 86.5 Å². The highest BCUT2D eigenvalue weighted by Crippen LogP contribution is 2.68. The molecule has 2 aromatic carbocycles. The molecule has 0 bridgehead atoms. The number of benzene rings is 2. The number of aryl methyl sites for hydroxylation is 3. The number of rotatable bonds is 6. The largest absolute Gasteiger partial charge is 0.370 e. The van der Waals surface area contributed by atoms with Crippen molar-refractivity contribution in [1.82, 2.24) is 0 Å². The first-order chi connectivity index (χ1) is 18.1. The van der Waals surface area contributed by atoms with Crippen molar-refractivity contribution in [2.75, 3.05) is 6.61 Å². The van der Waals surface area contributed by atoms with E-state index in [4.69, 9.17) is 8.92 Å². The molecule has 0 N–H and O–H groups in total. The smallest absolute Gasteiger partial charge is 0.296 e. The van der Waals surface area contributed by atoms with E-state index < -0.39 is 10.1 Å². The van der Waals surface area contributed by atoms with E-state index in [1.807, 2.05) is 6.92 Å². The maximum Gasteiger partial charge on any atom is 0.296 e. The molecule has 6 rings (SSSR count). The molecule has 2 saturated carbocycles.